The highest BCUT2D eigenvalue weighted by atomic mass is 32.1. The molecule has 1 saturated heterocycles. The summed E-state index contributed by atoms with van der Waals surface area (Å²) < 4.78 is 5.53. The molecule has 1 aromatic heterocycles. The number of aromatic carboxylic acids is 1. The molecule has 0 aliphatic carbocycles. The second kappa shape index (κ2) is 12.8. The molecule has 1 fully saturated rings. The molecule has 2 N–H and O–H groups in total. The number of carboxylic acid groups (broad SMARTS) is 1. The zero-order valence-electron chi connectivity index (χ0n) is 23.2. The minimum absolute atomic E-state index is 0.0160. The Morgan fingerprint density at radius 2 is 1.95 bits per heavy atom. The molecule has 5 atom stereocenters. The monoisotopic (exact) mass is 538 g/mol. The summed E-state index contributed by atoms with van der Waals surface area (Å²) in [6.07, 6.45) is 1.80. The van der Waals surface area contributed by atoms with Gasteiger partial charge < -0.3 is 20.1 Å². The van der Waals surface area contributed by atoms with Crippen molar-refractivity contribution in [2.45, 2.75) is 91.0 Å². The number of carbonyl (C=O) groups excluding carboxylic acids is 3. The van der Waals surface area contributed by atoms with Crippen molar-refractivity contribution in [1.29, 1.82) is 0 Å². The molecular formula is C26H42N4O6S. The van der Waals surface area contributed by atoms with Gasteiger partial charge in [-0.2, -0.15) is 0 Å². The van der Waals surface area contributed by atoms with Crippen LogP contribution in [0.2, 0.25) is 0 Å². The van der Waals surface area contributed by atoms with Gasteiger partial charge in [0.2, 0.25) is 11.8 Å². The van der Waals surface area contributed by atoms with E-state index in [2.05, 4.69) is 10.3 Å². The lowest BCUT2D eigenvalue weighted by Gasteiger charge is -2.38. The van der Waals surface area contributed by atoms with Gasteiger partial charge in [-0.3, -0.25) is 19.3 Å². The molecule has 0 aromatic carbocycles. The highest BCUT2D eigenvalue weighted by Crippen LogP contribution is 2.31. The van der Waals surface area contributed by atoms with Gasteiger partial charge in [0.05, 0.1) is 5.54 Å². The Hall–Kier alpha value is -2.53. The molecule has 0 bridgehead atoms. The van der Waals surface area contributed by atoms with Gasteiger partial charge in [-0.05, 0) is 45.2 Å². The van der Waals surface area contributed by atoms with Gasteiger partial charge >= 0.3 is 11.9 Å². The number of nitrogens with zero attached hydrogens (tertiary/aromatic N) is 3. The molecule has 208 valence electrons. The number of hydrogen-bond acceptors (Lipinski definition) is 8. The van der Waals surface area contributed by atoms with Crippen molar-refractivity contribution in [2.75, 3.05) is 20.6 Å². The Morgan fingerprint density at radius 3 is 2.41 bits per heavy atom. The average molecular weight is 539 g/mol. The Labute approximate surface area is 223 Å². The number of hydrogen-bond donors (Lipinski definition) is 2. The molecule has 0 spiro atoms. The fourth-order valence-electron chi connectivity index (χ4n) is 4.78. The molecule has 2 heterocycles. The molecule has 11 heteroatoms. The molecule has 2 rings (SSSR count). The predicted octanol–water partition coefficient (Wildman–Crippen LogP) is 3.33. The van der Waals surface area contributed by atoms with Crippen molar-refractivity contribution in [3.05, 3.63) is 16.1 Å². The molecular weight excluding hydrogens is 496 g/mol. The lowest BCUT2D eigenvalue weighted by molar-refractivity contribution is -0.149. The number of rotatable bonds is 12. The number of carbonyl (C=O) groups is 4. The second-order valence-electron chi connectivity index (χ2n) is 10.6. The van der Waals surface area contributed by atoms with Crippen LogP contribution in [0.4, 0.5) is 0 Å². The van der Waals surface area contributed by atoms with E-state index >= 15 is 0 Å². The standard InChI is InChI=1S/C26H42N4O6S/c1-9-16(4)21(28-25(35)26(6)11-10-12-29(26)7)23(32)30(8)19(15(2)3)13-20(36-17(5)31)22-27-18(14-37-22)24(33)34/h14-16,19-21H,9-13H2,1-8H3,(H,28,35)(H,33,34)/t16?,19-,20-,21+,26-/m1/s1. The van der Waals surface area contributed by atoms with Crippen LogP contribution in [0.3, 0.4) is 0 Å². The minimum Gasteiger partial charge on any atom is -0.476 e. The molecule has 1 aliphatic rings. The number of thiazole rings is 1. The fraction of sp³-hybridized carbons (Fsp3) is 0.731. The van der Waals surface area contributed by atoms with Gasteiger partial charge in [-0.15, -0.1) is 11.3 Å². The maximum Gasteiger partial charge on any atom is 0.355 e. The Balaban J connectivity index is 2.31. The van der Waals surface area contributed by atoms with Crippen molar-refractivity contribution in [1.82, 2.24) is 20.1 Å². The summed E-state index contributed by atoms with van der Waals surface area (Å²) in [5.41, 5.74) is -0.776. The van der Waals surface area contributed by atoms with Crippen LogP contribution in [0.5, 0.6) is 0 Å². The lowest BCUT2D eigenvalue weighted by Crippen LogP contribution is -2.60. The summed E-state index contributed by atoms with van der Waals surface area (Å²) in [5, 5.41) is 14.1. The van der Waals surface area contributed by atoms with E-state index in [4.69, 9.17) is 4.74 Å². The second-order valence-corrected chi connectivity index (χ2v) is 11.5. The highest BCUT2D eigenvalue weighted by Gasteiger charge is 2.43. The van der Waals surface area contributed by atoms with E-state index in [1.807, 2.05) is 46.6 Å². The minimum atomic E-state index is -1.16. The number of ether oxygens (including phenoxy) is 1. The smallest absolute Gasteiger partial charge is 0.355 e. The molecule has 10 nitrogen and oxygen atoms in total. The molecule has 37 heavy (non-hydrogen) atoms. The van der Waals surface area contributed by atoms with Gasteiger partial charge in [-0.1, -0.05) is 34.1 Å². The SMILES string of the molecule is CCC(C)[C@H](NC(=O)[C@@]1(C)CCCN1C)C(=O)N(C)[C@H](C[C@@H](OC(C)=O)c1nc(C(=O)O)cs1)C(C)C. The van der Waals surface area contributed by atoms with Crippen molar-refractivity contribution < 1.29 is 29.0 Å². The lowest BCUT2D eigenvalue weighted by atomic mass is 9.91. The first-order chi connectivity index (χ1) is 17.2. The molecule has 0 radical (unpaired) electrons. The number of esters is 1. The van der Waals surface area contributed by atoms with E-state index in [0.29, 0.717) is 11.4 Å². The zero-order chi connectivity index (χ0) is 28.1. The number of nitrogens with one attached hydrogen (secondary N) is 1. The summed E-state index contributed by atoms with van der Waals surface area (Å²) in [4.78, 5) is 58.2. The van der Waals surface area contributed by atoms with E-state index in [0.717, 1.165) is 30.7 Å². The van der Waals surface area contributed by atoms with Gasteiger partial charge in [0, 0.05) is 31.8 Å². The first-order valence-electron chi connectivity index (χ1n) is 12.9. The number of carboxylic acids is 1. The maximum atomic E-state index is 13.9. The fourth-order valence-corrected chi connectivity index (χ4v) is 5.61. The first-order valence-corrected chi connectivity index (χ1v) is 13.8. The zero-order valence-corrected chi connectivity index (χ0v) is 24.1. The van der Waals surface area contributed by atoms with Crippen molar-refractivity contribution in [3.8, 4) is 0 Å². The normalized spacial score (nSPS) is 21.2. The number of likely N-dealkylation sites (tertiary alicyclic amines) is 1. The molecule has 1 unspecified atom stereocenters. The number of amides is 2. The van der Waals surface area contributed by atoms with Crippen molar-refractivity contribution >= 4 is 35.1 Å². The highest BCUT2D eigenvalue weighted by molar-refractivity contribution is 7.09. The molecule has 1 aromatic rings. The quantitative estimate of drug-likeness (QED) is 0.388. The van der Waals surface area contributed by atoms with Crippen LogP contribution in [-0.4, -0.2) is 81.9 Å². The van der Waals surface area contributed by atoms with Gasteiger partial charge in [0.1, 0.15) is 11.0 Å². The third-order valence-corrected chi connectivity index (χ3v) is 8.59. The third kappa shape index (κ3) is 7.28. The summed E-state index contributed by atoms with van der Waals surface area (Å²) in [5.74, 6) is -2.15. The van der Waals surface area contributed by atoms with Crippen LogP contribution in [0.25, 0.3) is 0 Å². The van der Waals surface area contributed by atoms with Crippen LogP contribution in [0, 0.1) is 11.8 Å². The Morgan fingerprint density at radius 1 is 1.30 bits per heavy atom. The topological polar surface area (TPSA) is 129 Å². The largest absolute Gasteiger partial charge is 0.476 e. The van der Waals surface area contributed by atoms with Crippen LogP contribution in [0.1, 0.15) is 88.8 Å². The Kier molecular flexibility index (Phi) is 10.6. The molecule has 0 saturated carbocycles. The van der Waals surface area contributed by atoms with E-state index in [1.54, 1.807) is 11.9 Å². The summed E-state index contributed by atoms with van der Waals surface area (Å²) in [6, 6.07) is -1.07. The summed E-state index contributed by atoms with van der Waals surface area (Å²) >= 11 is 1.10. The van der Waals surface area contributed by atoms with Crippen LogP contribution >= 0.6 is 11.3 Å². The maximum absolute atomic E-state index is 13.9. The van der Waals surface area contributed by atoms with Crippen LogP contribution < -0.4 is 5.32 Å². The summed E-state index contributed by atoms with van der Waals surface area (Å²) in [6.45, 7) is 11.9. The van der Waals surface area contributed by atoms with E-state index in [1.165, 1.54) is 12.3 Å². The Bertz CT molecular complexity index is 982. The molecule has 1 aliphatic heterocycles. The number of likely N-dealkylation sites (N-methyl/N-ethyl adjacent to an activating group) is 2. The van der Waals surface area contributed by atoms with Gasteiger partial charge in [0.15, 0.2) is 11.8 Å². The first kappa shape index (κ1) is 30.7. The van der Waals surface area contributed by atoms with E-state index < -0.39 is 29.6 Å². The van der Waals surface area contributed by atoms with Crippen molar-refractivity contribution in [2.24, 2.45) is 11.8 Å². The average Bonchev–Trinajstić information content (AvgIpc) is 3.46. The van der Waals surface area contributed by atoms with Crippen LogP contribution in [0.15, 0.2) is 5.38 Å². The van der Waals surface area contributed by atoms with Gasteiger partial charge in [0.25, 0.3) is 0 Å². The molecule has 2 amide bonds. The van der Waals surface area contributed by atoms with E-state index in [-0.39, 0.29) is 41.8 Å². The van der Waals surface area contributed by atoms with Gasteiger partial charge in [-0.25, -0.2) is 9.78 Å². The van der Waals surface area contributed by atoms with Crippen molar-refractivity contribution in [3.63, 3.8) is 0 Å². The number of aromatic nitrogens is 1. The van der Waals surface area contributed by atoms with Crippen LogP contribution in [-0.2, 0) is 19.1 Å². The van der Waals surface area contributed by atoms with E-state index in [9.17, 15) is 24.3 Å². The summed E-state index contributed by atoms with van der Waals surface area (Å²) in [7, 11) is 3.63. The third-order valence-electron chi connectivity index (χ3n) is 7.65. The predicted molar refractivity (Wildman–Crippen MR) is 141 cm³/mol.